The van der Waals surface area contributed by atoms with Crippen LogP contribution in [0.4, 0.5) is 0 Å². The molecule has 17 heavy (non-hydrogen) atoms. The number of rotatable bonds is 4. The molecule has 1 aliphatic rings. The van der Waals surface area contributed by atoms with E-state index in [-0.39, 0.29) is 0 Å². The van der Waals surface area contributed by atoms with Crippen molar-refractivity contribution in [2.75, 3.05) is 13.1 Å². The standard InChI is InChI=1S/C14H25N3/c1-11(2)9-12(3)17-8-4-5-13(10-17)14-6-7-15-16-14/h6-7,11-13H,4-5,8-10H2,1-3H3,(H,15,16)/t12-,13-/m1/s1. The maximum Gasteiger partial charge on any atom is 0.0490 e. The molecule has 0 radical (unpaired) electrons. The van der Waals surface area contributed by atoms with E-state index in [0.717, 1.165) is 5.92 Å². The van der Waals surface area contributed by atoms with Crippen LogP contribution in [0.2, 0.25) is 0 Å². The number of H-pyrrole nitrogens is 1. The van der Waals surface area contributed by atoms with Crippen molar-refractivity contribution in [3.63, 3.8) is 0 Å². The lowest BCUT2D eigenvalue weighted by Gasteiger charge is -2.37. The first kappa shape index (κ1) is 12.6. The number of aromatic nitrogens is 2. The third-order valence-corrected chi connectivity index (χ3v) is 3.85. The lowest BCUT2D eigenvalue weighted by molar-refractivity contribution is 0.141. The molecule has 0 saturated carbocycles. The van der Waals surface area contributed by atoms with Crippen LogP contribution in [0.1, 0.15) is 51.6 Å². The van der Waals surface area contributed by atoms with Crippen LogP contribution >= 0.6 is 0 Å². The quantitative estimate of drug-likeness (QED) is 0.870. The van der Waals surface area contributed by atoms with Crippen molar-refractivity contribution in [3.05, 3.63) is 18.0 Å². The summed E-state index contributed by atoms with van der Waals surface area (Å²) in [7, 11) is 0. The van der Waals surface area contributed by atoms with Gasteiger partial charge in [-0.15, -0.1) is 0 Å². The number of aromatic amines is 1. The fourth-order valence-electron chi connectivity index (χ4n) is 2.99. The summed E-state index contributed by atoms with van der Waals surface area (Å²) >= 11 is 0. The predicted octanol–water partition coefficient (Wildman–Crippen LogP) is 3.02. The molecule has 1 aliphatic heterocycles. The van der Waals surface area contributed by atoms with Crippen molar-refractivity contribution >= 4 is 0 Å². The first-order chi connectivity index (χ1) is 8.16. The Kier molecular flexibility index (Phi) is 4.21. The zero-order valence-electron chi connectivity index (χ0n) is 11.3. The Balaban J connectivity index is 1.93. The number of nitrogens with one attached hydrogen (secondary N) is 1. The van der Waals surface area contributed by atoms with Crippen LogP contribution in [0.25, 0.3) is 0 Å². The minimum absolute atomic E-state index is 0.654. The van der Waals surface area contributed by atoms with E-state index in [9.17, 15) is 0 Å². The summed E-state index contributed by atoms with van der Waals surface area (Å²) < 4.78 is 0. The minimum Gasteiger partial charge on any atom is -0.300 e. The molecule has 3 heteroatoms. The predicted molar refractivity (Wildman–Crippen MR) is 71.1 cm³/mol. The summed E-state index contributed by atoms with van der Waals surface area (Å²) in [5.74, 6) is 1.44. The molecule has 0 amide bonds. The van der Waals surface area contributed by atoms with Gasteiger partial charge >= 0.3 is 0 Å². The maximum absolute atomic E-state index is 4.07. The second-order valence-electron chi connectivity index (χ2n) is 5.82. The highest BCUT2D eigenvalue weighted by atomic mass is 15.2. The van der Waals surface area contributed by atoms with Gasteiger partial charge < -0.3 is 0 Å². The summed E-state index contributed by atoms with van der Waals surface area (Å²) in [6, 6.07) is 2.84. The van der Waals surface area contributed by atoms with E-state index < -0.39 is 0 Å². The SMILES string of the molecule is CC(C)C[C@@H](C)N1CCC[C@@H](c2ccn[nH]2)C1. The lowest BCUT2D eigenvalue weighted by Crippen LogP contribution is -2.41. The minimum atomic E-state index is 0.654. The summed E-state index contributed by atoms with van der Waals surface area (Å²) in [6.45, 7) is 9.45. The van der Waals surface area contributed by atoms with Crippen LogP contribution in [0.15, 0.2) is 12.3 Å². The average molecular weight is 235 g/mol. The van der Waals surface area contributed by atoms with Crippen LogP contribution < -0.4 is 0 Å². The molecule has 1 aromatic heterocycles. The highest BCUT2D eigenvalue weighted by molar-refractivity contribution is 5.07. The smallest absolute Gasteiger partial charge is 0.0490 e. The third-order valence-electron chi connectivity index (χ3n) is 3.85. The molecule has 2 rings (SSSR count). The van der Waals surface area contributed by atoms with Gasteiger partial charge in [0, 0.05) is 30.4 Å². The van der Waals surface area contributed by atoms with Gasteiger partial charge in [-0.1, -0.05) is 13.8 Å². The van der Waals surface area contributed by atoms with Crippen LogP contribution in [0, 0.1) is 5.92 Å². The molecule has 3 nitrogen and oxygen atoms in total. The van der Waals surface area contributed by atoms with Crippen molar-refractivity contribution in [2.24, 2.45) is 5.92 Å². The molecular formula is C14H25N3. The van der Waals surface area contributed by atoms with Gasteiger partial charge in [0.05, 0.1) is 0 Å². The van der Waals surface area contributed by atoms with Crippen molar-refractivity contribution in [1.82, 2.24) is 15.1 Å². The number of hydrogen-bond acceptors (Lipinski definition) is 2. The molecule has 2 heterocycles. The highest BCUT2D eigenvalue weighted by Gasteiger charge is 2.25. The van der Waals surface area contributed by atoms with Crippen LogP contribution in [0.3, 0.4) is 0 Å². The van der Waals surface area contributed by atoms with E-state index in [1.165, 1.54) is 38.0 Å². The molecule has 0 spiro atoms. The molecule has 0 bridgehead atoms. The van der Waals surface area contributed by atoms with Gasteiger partial charge in [0.1, 0.15) is 0 Å². The Morgan fingerprint density at radius 3 is 2.94 bits per heavy atom. The molecule has 2 atom stereocenters. The summed E-state index contributed by atoms with van der Waals surface area (Å²) in [6.07, 6.45) is 5.78. The maximum atomic E-state index is 4.07. The summed E-state index contributed by atoms with van der Waals surface area (Å²) in [4.78, 5) is 2.65. The van der Waals surface area contributed by atoms with Gasteiger partial charge in [0.2, 0.25) is 0 Å². The fraction of sp³-hybridized carbons (Fsp3) is 0.786. The van der Waals surface area contributed by atoms with E-state index in [1.54, 1.807) is 0 Å². The average Bonchev–Trinajstić information content (AvgIpc) is 2.82. The Morgan fingerprint density at radius 1 is 1.47 bits per heavy atom. The van der Waals surface area contributed by atoms with Crippen molar-refractivity contribution in [1.29, 1.82) is 0 Å². The van der Waals surface area contributed by atoms with Crippen molar-refractivity contribution < 1.29 is 0 Å². The largest absolute Gasteiger partial charge is 0.300 e. The van der Waals surface area contributed by atoms with Crippen LogP contribution in [-0.4, -0.2) is 34.2 Å². The molecule has 96 valence electrons. The van der Waals surface area contributed by atoms with Gasteiger partial charge in [0.15, 0.2) is 0 Å². The molecule has 0 aliphatic carbocycles. The van der Waals surface area contributed by atoms with E-state index in [0.29, 0.717) is 12.0 Å². The molecule has 1 fully saturated rings. The number of nitrogens with zero attached hydrogens (tertiary/aromatic N) is 2. The van der Waals surface area contributed by atoms with E-state index in [2.05, 4.69) is 41.9 Å². The number of likely N-dealkylation sites (tertiary alicyclic amines) is 1. The molecule has 1 aromatic rings. The molecule has 0 unspecified atom stereocenters. The highest BCUT2D eigenvalue weighted by Crippen LogP contribution is 2.27. The van der Waals surface area contributed by atoms with Crippen molar-refractivity contribution in [3.8, 4) is 0 Å². The Labute approximate surface area is 105 Å². The van der Waals surface area contributed by atoms with Gasteiger partial charge in [-0.25, -0.2) is 0 Å². The first-order valence-electron chi connectivity index (χ1n) is 6.90. The van der Waals surface area contributed by atoms with Crippen molar-refractivity contribution in [2.45, 2.75) is 52.0 Å². The first-order valence-corrected chi connectivity index (χ1v) is 6.90. The zero-order valence-corrected chi connectivity index (χ0v) is 11.3. The number of piperidine rings is 1. The molecule has 1 N–H and O–H groups in total. The third kappa shape index (κ3) is 3.32. The van der Waals surface area contributed by atoms with Crippen LogP contribution in [-0.2, 0) is 0 Å². The Bertz CT molecular complexity index is 318. The van der Waals surface area contributed by atoms with E-state index in [4.69, 9.17) is 0 Å². The Hall–Kier alpha value is -0.830. The van der Waals surface area contributed by atoms with Gasteiger partial charge in [-0.3, -0.25) is 10.00 Å². The second-order valence-corrected chi connectivity index (χ2v) is 5.82. The molecular weight excluding hydrogens is 210 g/mol. The van der Waals surface area contributed by atoms with Gasteiger partial charge in [-0.05, 0) is 44.7 Å². The van der Waals surface area contributed by atoms with Gasteiger partial charge in [0.25, 0.3) is 0 Å². The normalized spacial score (nSPS) is 24.1. The Morgan fingerprint density at radius 2 is 2.29 bits per heavy atom. The molecule has 1 saturated heterocycles. The van der Waals surface area contributed by atoms with Crippen LogP contribution in [0.5, 0.6) is 0 Å². The topological polar surface area (TPSA) is 31.9 Å². The monoisotopic (exact) mass is 235 g/mol. The summed E-state index contributed by atoms with van der Waals surface area (Å²) in [5, 5.41) is 7.20. The van der Waals surface area contributed by atoms with Gasteiger partial charge in [-0.2, -0.15) is 5.10 Å². The van der Waals surface area contributed by atoms with E-state index >= 15 is 0 Å². The second kappa shape index (κ2) is 5.67. The lowest BCUT2D eigenvalue weighted by atomic mass is 9.92. The number of hydrogen-bond donors (Lipinski definition) is 1. The molecule has 0 aromatic carbocycles. The van der Waals surface area contributed by atoms with E-state index in [1.807, 2.05) is 6.20 Å². The zero-order chi connectivity index (χ0) is 12.3. The fourth-order valence-corrected chi connectivity index (χ4v) is 2.99. The summed E-state index contributed by atoms with van der Waals surface area (Å²) in [5.41, 5.74) is 1.31.